The molecule has 0 saturated carbocycles. The van der Waals surface area contributed by atoms with Crippen molar-refractivity contribution in [2.24, 2.45) is 0 Å². The van der Waals surface area contributed by atoms with Crippen molar-refractivity contribution >= 4 is 0 Å². The maximum Gasteiger partial charge on any atom is 0.105 e. The molecule has 1 aromatic rings. The summed E-state index contributed by atoms with van der Waals surface area (Å²) >= 11 is 0. The van der Waals surface area contributed by atoms with Gasteiger partial charge in [-0.2, -0.15) is 0 Å². The first-order valence-corrected chi connectivity index (χ1v) is 6.89. The second-order valence-corrected chi connectivity index (χ2v) is 5.18. The molecule has 100 valence electrons. The van der Waals surface area contributed by atoms with Crippen molar-refractivity contribution in [2.45, 2.75) is 19.9 Å². The molecule has 2 rings (SSSR count). The molecule has 3 heteroatoms. The fourth-order valence-corrected chi connectivity index (χ4v) is 2.67. The molecule has 1 aliphatic rings. The third-order valence-corrected chi connectivity index (χ3v) is 3.94. The van der Waals surface area contributed by atoms with E-state index in [-0.39, 0.29) is 6.61 Å². The highest BCUT2D eigenvalue weighted by molar-refractivity contribution is 5.21. The minimum Gasteiger partial charge on any atom is -0.391 e. The molecular formula is C15H24NO2+. The molecule has 0 aliphatic carbocycles. The van der Waals surface area contributed by atoms with E-state index in [2.05, 4.69) is 31.2 Å². The molecule has 1 heterocycles. The molecule has 1 N–H and O–H groups in total. The molecule has 1 saturated heterocycles. The van der Waals surface area contributed by atoms with Gasteiger partial charge in [-0.25, -0.2) is 0 Å². The Hall–Kier alpha value is -0.900. The zero-order valence-corrected chi connectivity index (χ0v) is 11.3. The first-order valence-electron chi connectivity index (χ1n) is 6.89. The van der Waals surface area contributed by atoms with Crippen molar-refractivity contribution in [3.63, 3.8) is 0 Å². The van der Waals surface area contributed by atoms with E-state index in [4.69, 9.17) is 4.74 Å². The number of nitrogens with zero attached hydrogens (tertiary/aromatic N) is 1. The maximum atomic E-state index is 9.29. The van der Waals surface area contributed by atoms with Crippen LogP contribution in [0.4, 0.5) is 0 Å². The van der Waals surface area contributed by atoms with Crippen molar-refractivity contribution in [3.8, 4) is 0 Å². The predicted octanol–water partition coefficient (Wildman–Crippen LogP) is 1.59. The fourth-order valence-electron chi connectivity index (χ4n) is 2.67. The van der Waals surface area contributed by atoms with E-state index in [1.165, 1.54) is 11.1 Å². The number of quaternary nitrogens is 1. The second kappa shape index (κ2) is 6.32. The van der Waals surface area contributed by atoms with Gasteiger partial charge in [0.1, 0.15) is 26.2 Å². The van der Waals surface area contributed by atoms with E-state index in [0.29, 0.717) is 0 Å². The summed E-state index contributed by atoms with van der Waals surface area (Å²) in [5, 5.41) is 9.29. The minimum absolute atomic E-state index is 0.257. The molecule has 1 aromatic carbocycles. The van der Waals surface area contributed by atoms with Crippen LogP contribution in [0.1, 0.15) is 18.1 Å². The van der Waals surface area contributed by atoms with Gasteiger partial charge in [-0.15, -0.1) is 0 Å². The van der Waals surface area contributed by atoms with E-state index in [1.807, 2.05) is 0 Å². The van der Waals surface area contributed by atoms with E-state index in [1.54, 1.807) is 0 Å². The van der Waals surface area contributed by atoms with E-state index in [0.717, 1.165) is 50.3 Å². The Morgan fingerprint density at radius 1 is 1.11 bits per heavy atom. The van der Waals surface area contributed by atoms with Crippen molar-refractivity contribution < 1.29 is 14.3 Å². The van der Waals surface area contributed by atoms with Gasteiger partial charge in [-0.05, 0) is 12.0 Å². The van der Waals surface area contributed by atoms with Crippen molar-refractivity contribution in [2.75, 3.05) is 39.5 Å². The van der Waals surface area contributed by atoms with Crippen LogP contribution in [0, 0.1) is 0 Å². The van der Waals surface area contributed by atoms with Crippen molar-refractivity contribution in [1.29, 1.82) is 0 Å². The summed E-state index contributed by atoms with van der Waals surface area (Å²) in [5.74, 6) is 0. The number of aliphatic hydroxyl groups excluding tert-OH is 1. The van der Waals surface area contributed by atoms with Crippen LogP contribution in [0.25, 0.3) is 0 Å². The van der Waals surface area contributed by atoms with Crippen molar-refractivity contribution in [3.05, 3.63) is 35.4 Å². The molecule has 18 heavy (non-hydrogen) atoms. The van der Waals surface area contributed by atoms with Gasteiger partial charge in [0, 0.05) is 5.56 Å². The van der Waals surface area contributed by atoms with Crippen LogP contribution in [-0.4, -0.2) is 49.0 Å². The predicted molar refractivity (Wildman–Crippen MR) is 72.3 cm³/mol. The Balaban J connectivity index is 2.07. The van der Waals surface area contributed by atoms with Crippen LogP contribution in [-0.2, 0) is 17.7 Å². The number of hydrogen-bond acceptors (Lipinski definition) is 2. The number of benzene rings is 1. The number of aryl methyl sites for hydroxylation is 1. The number of hydrogen-bond donors (Lipinski definition) is 1. The summed E-state index contributed by atoms with van der Waals surface area (Å²) in [5.41, 5.74) is 2.75. The lowest BCUT2D eigenvalue weighted by molar-refractivity contribution is -0.947. The van der Waals surface area contributed by atoms with Gasteiger partial charge in [0.25, 0.3) is 0 Å². The van der Waals surface area contributed by atoms with Crippen LogP contribution in [0.3, 0.4) is 0 Å². The van der Waals surface area contributed by atoms with Gasteiger partial charge in [-0.3, -0.25) is 0 Å². The van der Waals surface area contributed by atoms with Gasteiger partial charge >= 0.3 is 0 Å². The summed E-state index contributed by atoms with van der Waals surface area (Å²) < 4.78 is 6.41. The molecule has 0 radical (unpaired) electrons. The lowest BCUT2D eigenvalue weighted by Crippen LogP contribution is -2.55. The Labute approximate surface area is 110 Å². The number of morpholine rings is 1. The van der Waals surface area contributed by atoms with Gasteiger partial charge in [0.05, 0.1) is 19.8 Å². The molecule has 0 spiro atoms. The van der Waals surface area contributed by atoms with E-state index < -0.39 is 0 Å². The van der Waals surface area contributed by atoms with Crippen LogP contribution < -0.4 is 0 Å². The molecule has 3 nitrogen and oxygen atoms in total. The number of ether oxygens (including phenoxy) is 1. The van der Waals surface area contributed by atoms with Gasteiger partial charge in [0.2, 0.25) is 0 Å². The normalized spacial score (nSPS) is 18.8. The number of rotatable bonds is 5. The average molecular weight is 250 g/mol. The summed E-state index contributed by atoms with van der Waals surface area (Å²) in [4.78, 5) is 0. The van der Waals surface area contributed by atoms with E-state index in [9.17, 15) is 5.11 Å². The smallest absolute Gasteiger partial charge is 0.105 e. The topological polar surface area (TPSA) is 29.5 Å². The highest BCUT2D eigenvalue weighted by Crippen LogP contribution is 2.18. The Kier molecular flexibility index (Phi) is 4.75. The molecule has 1 aliphatic heterocycles. The summed E-state index contributed by atoms with van der Waals surface area (Å²) in [6.07, 6.45) is 1.09. The zero-order valence-electron chi connectivity index (χ0n) is 11.3. The quantitative estimate of drug-likeness (QED) is 0.804. The fraction of sp³-hybridized carbons (Fsp3) is 0.600. The largest absolute Gasteiger partial charge is 0.391 e. The highest BCUT2D eigenvalue weighted by atomic mass is 16.5. The Morgan fingerprint density at radius 2 is 1.72 bits per heavy atom. The molecule has 0 aromatic heterocycles. The summed E-state index contributed by atoms with van der Waals surface area (Å²) in [6.45, 7) is 7.92. The van der Waals surface area contributed by atoms with Gasteiger partial charge in [-0.1, -0.05) is 31.2 Å². The SMILES string of the molecule is CCc1ccc(C[N+]2(CCO)CCOCC2)cc1. The lowest BCUT2D eigenvalue weighted by Gasteiger charge is -2.41. The molecule has 0 bridgehead atoms. The summed E-state index contributed by atoms with van der Waals surface area (Å²) in [6, 6.07) is 8.88. The van der Waals surface area contributed by atoms with Gasteiger partial charge in [0.15, 0.2) is 0 Å². The third-order valence-electron chi connectivity index (χ3n) is 3.94. The Bertz CT molecular complexity index is 350. The monoisotopic (exact) mass is 250 g/mol. The van der Waals surface area contributed by atoms with Crippen LogP contribution >= 0.6 is 0 Å². The zero-order chi connectivity index (χ0) is 12.8. The van der Waals surface area contributed by atoms with Crippen LogP contribution in [0.2, 0.25) is 0 Å². The van der Waals surface area contributed by atoms with Crippen LogP contribution in [0.15, 0.2) is 24.3 Å². The van der Waals surface area contributed by atoms with Gasteiger partial charge < -0.3 is 14.3 Å². The lowest BCUT2D eigenvalue weighted by atomic mass is 10.1. The van der Waals surface area contributed by atoms with Crippen LogP contribution in [0.5, 0.6) is 0 Å². The first-order chi connectivity index (χ1) is 8.78. The molecule has 0 amide bonds. The van der Waals surface area contributed by atoms with E-state index >= 15 is 0 Å². The number of aliphatic hydroxyl groups is 1. The van der Waals surface area contributed by atoms with Crippen molar-refractivity contribution in [1.82, 2.24) is 0 Å². The highest BCUT2D eigenvalue weighted by Gasteiger charge is 2.29. The second-order valence-electron chi connectivity index (χ2n) is 5.18. The first kappa shape index (κ1) is 13.5. The Morgan fingerprint density at radius 3 is 2.28 bits per heavy atom. The third kappa shape index (κ3) is 3.31. The summed E-state index contributed by atoms with van der Waals surface area (Å²) in [7, 11) is 0. The molecular weight excluding hydrogens is 226 g/mol. The average Bonchev–Trinajstić information content (AvgIpc) is 2.41. The minimum atomic E-state index is 0.257. The molecule has 1 fully saturated rings. The standard InChI is InChI=1S/C15H24NO2/c1-2-14-3-5-15(6-4-14)13-16(7-10-17)8-11-18-12-9-16/h3-6,17H,2,7-13H2,1H3/q+1. The molecule has 0 atom stereocenters. The maximum absolute atomic E-state index is 9.29. The molecule has 0 unspecified atom stereocenters.